The standard InChI is InChI=1S/C39H42N4O7/c1-25-16-21-30(24-31(25)41-35(44)28-19-17-27(18-20-28)15-11-14-26-12-9-8-10-13-26)40-37(43-38(46)50-39(2,3)4)42-36(45)29-22-32(47-5)34(49-7)33(23-29)48-6/h8-14,16-24H,15H2,1-7H3,(H,41,44)(H2,40,42,43,45,46)/b14-11+. The van der Waals surface area contributed by atoms with Crippen LogP contribution in [0.4, 0.5) is 16.2 Å². The molecule has 0 fully saturated rings. The van der Waals surface area contributed by atoms with E-state index in [1.807, 2.05) is 49.4 Å². The number of ether oxygens (including phenoxy) is 4. The van der Waals surface area contributed by atoms with E-state index in [1.165, 1.54) is 33.5 Å². The van der Waals surface area contributed by atoms with E-state index in [0.29, 0.717) is 22.7 Å². The van der Waals surface area contributed by atoms with E-state index in [4.69, 9.17) is 18.9 Å². The van der Waals surface area contributed by atoms with Gasteiger partial charge in [0.1, 0.15) is 5.60 Å². The minimum absolute atomic E-state index is 0.147. The summed E-state index contributed by atoms with van der Waals surface area (Å²) >= 11 is 0. The number of nitrogens with zero attached hydrogens (tertiary/aromatic N) is 1. The number of hydrogen-bond donors (Lipinski definition) is 3. The highest BCUT2D eigenvalue weighted by molar-refractivity contribution is 6.10. The highest BCUT2D eigenvalue weighted by Crippen LogP contribution is 2.38. The predicted molar refractivity (Wildman–Crippen MR) is 195 cm³/mol. The number of alkyl carbamates (subject to hydrolysis) is 1. The molecule has 4 rings (SSSR count). The fourth-order valence-electron chi connectivity index (χ4n) is 4.70. The van der Waals surface area contributed by atoms with Gasteiger partial charge in [-0.2, -0.15) is 0 Å². The number of hydrogen-bond acceptors (Lipinski definition) is 8. The summed E-state index contributed by atoms with van der Waals surface area (Å²) in [6.07, 6.45) is 4.04. The van der Waals surface area contributed by atoms with Crippen molar-refractivity contribution in [3.8, 4) is 17.2 Å². The number of carbonyl (C=O) groups excluding carboxylic acids is 3. The topological polar surface area (TPSA) is 137 Å². The lowest BCUT2D eigenvalue weighted by molar-refractivity contribution is 0.0561. The third-order valence-corrected chi connectivity index (χ3v) is 7.17. The molecule has 0 spiro atoms. The molecule has 0 bridgehead atoms. The Kier molecular flexibility index (Phi) is 12.4. The van der Waals surface area contributed by atoms with E-state index in [1.54, 1.807) is 51.1 Å². The minimum atomic E-state index is -0.832. The van der Waals surface area contributed by atoms with Gasteiger partial charge in [0.05, 0.1) is 27.0 Å². The molecular weight excluding hydrogens is 636 g/mol. The number of benzene rings is 4. The van der Waals surface area contributed by atoms with Crippen LogP contribution in [0.1, 0.15) is 58.2 Å². The van der Waals surface area contributed by atoms with Crippen molar-refractivity contribution in [2.75, 3.05) is 26.6 Å². The molecule has 0 aliphatic carbocycles. The fraction of sp³-hybridized carbons (Fsp3) is 0.231. The normalized spacial score (nSPS) is 11.5. The molecule has 3 N–H and O–H groups in total. The van der Waals surface area contributed by atoms with Crippen LogP contribution in [0.5, 0.6) is 17.2 Å². The summed E-state index contributed by atoms with van der Waals surface area (Å²) in [4.78, 5) is 43.9. The molecule has 0 saturated carbocycles. The number of methoxy groups -OCH3 is 3. The maximum atomic E-state index is 13.4. The summed E-state index contributed by atoms with van der Waals surface area (Å²) in [6.45, 7) is 6.98. The minimum Gasteiger partial charge on any atom is -0.493 e. The van der Waals surface area contributed by atoms with Crippen molar-refractivity contribution < 1.29 is 33.3 Å². The quantitative estimate of drug-likeness (QED) is 0.117. The molecule has 50 heavy (non-hydrogen) atoms. The number of nitrogens with one attached hydrogen (secondary N) is 3. The van der Waals surface area contributed by atoms with Crippen LogP contribution in [0.3, 0.4) is 0 Å². The van der Waals surface area contributed by atoms with Crippen LogP contribution in [0.2, 0.25) is 0 Å². The molecule has 0 heterocycles. The van der Waals surface area contributed by atoms with Gasteiger partial charge in [0, 0.05) is 16.8 Å². The van der Waals surface area contributed by atoms with Crippen molar-refractivity contribution in [1.82, 2.24) is 10.6 Å². The zero-order chi connectivity index (χ0) is 36.3. The molecule has 0 radical (unpaired) electrons. The Balaban J connectivity index is 1.54. The Labute approximate surface area is 292 Å². The van der Waals surface area contributed by atoms with Gasteiger partial charge in [0.2, 0.25) is 11.7 Å². The third kappa shape index (κ3) is 10.4. The predicted octanol–water partition coefficient (Wildman–Crippen LogP) is 7.47. The van der Waals surface area contributed by atoms with Crippen LogP contribution in [0.15, 0.2) is 96.0 Å². The second-order valence-electron chi connectivity index (χ2n) is 12.1. The SMILES string of the molecule is COc1cc(C(=O)NC(=Nc2ccc(C)c(NC(=O)c3ccc(C/C=C/c4ccccc4)cc3)c2)NC(=O)OC(C)(C)C)cc(OC)c1OC. The number of anilines is 1. The number of carbonyl (C=O) groups is 3. The van der Waals surface area contributed by atoms with Crippen LogP contribution in [-0.4, -0.2) is 50.8 Å². The summed E-state index contributed by atoms with van der Waals surface area (Å²) < 4.78 is 21.5. The van der Waals surface area contributed by atoms with E-state index in [9.17, 15) is 14.4 Å². The van der Waals surface area contributed by atoms with Gasteiger partial charge in [0.25, 0.3) is 11.8 Å². The lowest BCUT2D eigenvalue weighted by Crippen LogP contribution is -2.45. The maximum absolute atomic E-state index is 13.4. The van der Waals surface area contributed by atoms with Crippen LogP contribution in [0.25, 0.3) is 6.08 Å². The third-order valence-electron chi connectivity index (χ3n) is 7.17. The summed E-state index contributed by atoms with van der Waals surface area (Å²) in [5, 5.41) is 8.07. The summed E-state index contributed by atoms with van der Waals surface area (Å²) in [7, 11) is 4.33. The Morgan fingerprint density at radius 2 is 1.42 bits per heavy atom. The summed E-state index contributed by atoms with van der Waals surface area (Å²) in [6, 6.07) is 25.5. The molecule has 0 aliphatic rings. The highest BCUT2D eigenvalue weighted by Gasteiger charge is 2.21. The maximum Gasteiger partial charge on any atom is 0.414 e. The van der Waals surface area contributed by atoms with E-state index in [-0.39, 0.29) is 28.9 Å². The molecule has 4 aromatic carbocycles. The van der Waals surface area contributed by atoms with Crippen molar-refractivity contribution >= 4 is 41.3 Å². The summed E-state index contributed by atoms with van der Waals surface area (Å²) in [5.74, 6) is -0.292. The Morgan fingerprint density at radius 1 is 0.760 bits per heavy atom. The van der Waals surface area contributed by atoms with Gasteiger partial charge in [-0.3, -0.25) is 20.2 Å². The lowest BCUT2D eigenvalue weighted by Gasteiger charge is -2.20. The molecule has 260 valence electrons. The Bertz CT molecular complexity index is 1850. The number of amides is 3. The molecule has 3 amide bonds. The Hall–Kier alpha value is -6.10. The molecule has 0 atom stereocenters. The molecule has 0 aliphatic heterocycles. The van der Waals surface area contributed by atoms with Gasteiger partial charge < -0.3 is 24.3 Å². The smallest absolute Gasteiger partial charge is 0.414 e. The van der Waals surface area contributed by atoms with E-state index >= 15 is 0 Å². The van der Waals surface area contributed by atoms with Crippen molar-refractivity contribution in [1.29, 1.82) is 0 Å². The zero-order valence-corrected chi connectivity index (χ0v) is 29.2. The number of allylic oxidation sites excluding steroid dienone is 1. The average molecular weight is 679 g/mol. The molecule has 11 nitrogen and oxygen atoms in total. The number of guanidine groups is 1. The summed E-state index contributed by atoms with van der Waals surface area (Å²) in [5.41, 5.74) is 3.63. The van der Waals surface area contributed by atoms with Gasteiger partial charge in [-0.15, -0.1) is 0 Å². The number of aryl methyl sites for hydroxylation is 1. The van der Waals surface area contributed by atoms with E-state index < -0.39 is 17.6 Å². The first-order valence-electron chi connectivity index (χ1n) is 15.8. The van der Waals surface area contributed by atoms with Crippen LogP contribution in [0, 0.1) is 6.92 Å². The van der Waals surface area contributed by atoms with Crippen molar-refractivity contribution in [3.63, 3.8) is 0 Å². The van der Waals surface area contributed by atoms with Crippen molar-refractivity contribution in [2.45, 2.75) is 39.7 Å². The van der Waals surface area contributed by atoms with Crippen molar-refractivity contribution in [3.05, 3.63) is 119 Å². The van der Waals surface area contributed by atoms with Gasteiger partial charge in [-0.1, -0.05) is 60.7 Å². The monoisotopic (exact) mass is 678 g/mol. The highest BCUT2D eigenvalue weighted by atomic mass is 16.6. The first-order chi connectivity index (χ1) is 23.9. The number of aliphatic imine (C=N–C) groups is 1. The van der Waals surface area contributed by atoms with Gasteiger partial charge in [0.15, 0.2) is 11.5 Å². The first-order valence-corrected chi connectivity index (χ1v) is 15.8. The van der Waals surface area contributed by atoms with Crippen LogP contribution >= 0.6 is 0 Å². The lowest BCUT2D eigenvalue weighted by atomic mass is 10.1. The Morgan fingerprint density at radius 3 is 2.02 bits per heavy atom. The zero-order valence-electron chi connectivity index (χ0n) is 29.2. The second kappa shape index (κ2) is 16.8. The van der Waals surface area contributed by atoms with Crippen LogP contribution < -0.4 is 30.2 Å². The van der Waals surface area contributed by atoms with Gasteiger partial charge >= 0.3 is 6.09 Å². The second-order valence-corrected chi connectivity index (χ2v) is 12.1. The molecule has 11 heteroatoms. The van der Waals surface area contributed by atoms with E-state index in [0.717, 1.165) is 23.1 Å². The number of rotatable bonds is 10. The van der Waals surface area contributed by atoms with Gasteiger partial charge in [-0.25, -0.2) is 9.79 Å². The molecular formula is C39H42N4O7. The molecule has 0 saturated heterocycles. The van der Waals surface area contributed by atoms with Crippen molar-refractivity contribution in [2.24, 2.45) is 4.99 Å². The van der Waals surface area contributed by atoms with E-state index in [2.05, 4.69) is 33.1 Å². The fourth-order valence-corrected chi connectivity index (χ4v) is 4.70. The average Bonchev–Trinajstić information content (AvgIpc) is 3.08. The first kappa shape index (κ1) is 36.7. The largest absolute Gasteiger partial charge is 0.493 e. The van der Waals surface area contributed by atoms with Gasteiger partial charge in [-0.05, 0) is 87.2 Å². The van der Waals surface area contributed by atoms with Crippen LogP contribution in [-0.2, 0) is 11.2 Å². The molecule has 4 aromatic rings. The molecule has 0 aromatic heterocycles. The molecule has 0 unspecified atom stereocenters.